The first-order valence-electron chi connectivity index (χ1n) is 8.41. The third kappa shape index (κ3) is 5.06. The number of rotatable bonds is 8. The fraction of sp³-hybridized carbons (Fsp3) is 0.938. The highest BCUT2D eigenvalue weighted by molar-refractivity contribution is 5.69. The zero-order chi connectivity index (χ0) is 14.2. The van der Waals surface area contributed by atoms with Crippen molar-refractivity contribution in [3.8, 4) is 0 Å². The van der Waals surface area contributed by atoms with E-state index in [2.05, 4.69) is 9.80 Å². The third-order valence-corrected chi connectivity index (χ3v) is 4.57. The molecule has 2 aliphatic heterocycles. The lowest BCUT2D eigenvalue weighted by Gasteiger charge is -2.23. The minimum Gasteiger partial charge on any atom is -0.466 e. The molecule has 2 fully saturated rings. The topological polar surface area (TPSA) is 32.8 Å². The number of ether oxygens (including phenoxy) is 1. The molecule has 0 aromatic rings. The van der Waals surface area contributed by atoms with Gasteiger partial charge in [0.1, 0.15) is 0 Å². The van der Waals surface area contributed by atoms with E-state index in [-0.39, 0.29) is 5.97 Å². The third-order valence-electron chi connectivity index (χ3n) is 4.57. The number of carbonyl (C=O) groups is 1. The molecule has 116 valence electrons. The summed E-state index contributed by atoms with van der Waals surface area (Å²) in [4.78, 5) is 16.5. The summed E-state index contributed by atoms with van der Waals surface area (Å²) in [5.74, 6) is -0.0391. The number of nitrogens with zero attached hydrogens (tertiary/aromatic N) is 2. The van der Waals surface area contributed by atoms with Crippen LogP contribution in [-0.2, 0) is 9.53 Å². The Morgan fingerprint density at radius 1 is 1.15 bits per heavy atom. The molecule has 0 amide bonds. The molecule has 1 atom stereocenters. The molecular weight excluding hydrogens is 252 g/mol. The van der Waals surface area contributed by atoms with Gasteiger partial charge in [-0.1, -0.05) is 6.42 Å². The Kier molecular flexibility index (Phi) is 6.80. The quantitative estimate of drug-likeness (QED) is 0.505. The van der Waals surface area contributed by atoms with Gasteiger partial charge in [0.25, 0.3) is 0 Å². The maximum atomic E-state index is 11.2. The summed E-state index contributed by atoms with van der Waals surface area (Å²) in [5, 5.41) is 0. The van der Waals surface area contributed by atoms with Gasteiger partial charge >= 0.3 is 5.97 Å². The predicted molar refractivity (Wildman–Crippen MR) is 80.8 cm³/mol. The van der Waals surface area contributed by atoms with Gasteiger partial charge in [-0.05, 0) is 65.2 Å². The van der Waals surface area contributed by atoms with Crippen molar-refractivity contribution in [2.45, 2.75) is 57.9 Å². The minimum absolute atomic E-state index is 0.0391. The first-order valence-corrected chi connectivity index (χ1v) is 8.41. The summed E-state index contributed by atoms with van der Waals surface area (Å²) < 4.78 is 4.94. The number of carbonyl (C=O) groups excluding carboxylic acids is 1. The van der Waals surface area contributed by atoms with E-state index in [9.17, 15) is 4.79 Å². The first kappa shape index (κ1) is 15.8. The maximum Gasteiger partial charge on any atom is 0.305 e. The fourth-order valence-electron chi connectivity index (χ4n) is 3.43. The van der Waals surface area contributed by atoms with E-state index in [1.54, 1.807) is 0 Å². The minimum atomic E-state index is -0.0391. The van der Waals surface area contributed by atoms with Gasteiger partial charge in [0.05, 0.1) is 6.61 Å². The van der Waals surface area contributed by atoms with Gasteiger partial charge in [-0.25, -0.2) is 0 Å². The van der Waals surface area contributed by atoms with E-state index < -0.39 is 0 Å². The lowest BCUT2D eigenvalue weighted by Crippen LogP contribution is -2.35. The smallest absolute Gasteiger partial charge is 0.305 e. The van der Waals surface area contributed by atoms with E-state index in [0.29, 0.717) is 13.0 Å². The molecule has 0 aliphatic carbocycles. The van der Waals surface area contributed by atoms with Crippen LogP contribution in [0.1, 0.15) is 51.9 Å². The van der Waals surface area contributed by atoms with Crippen LogP contribution in [0.25, 0.3) is 0 Å². The highest BCUT2D eigenvalue weighted by Gasteiger charge is 2.28. The molecule has 0 saturated carbocycles. The van der Waals surface area contributed by atoms with Crippen LogP contribution >= 0.6 is 0 Å². The van der Waals surface area contributed by atoms with E-state index in [1.807, 2.05) is 6.92 Å². The Labute approximate surface area is 123 Å². The first-order chi connectivity index (χ1) is 9.79. The second kappa shape index (κ2) is 8.63. The molecule has 0 N–H and O–H groups in total. The van der Waals surface area contributed by atoms with E-state index in [0.717, 1.165) is 18.9 Å². The average Bonchev–Trinajstić information content (AvgIpc) is 3.09. The summed E-state index contributed by atoms with van der Waals surface area (Å²) in [5.41, 5.74) is 0. The molecule has 2 heterocycles. The molecule has 2 rings (SSSR count). The number of likely N-dealkylation sites (tertiary alicyclic amines) is 2. The lowest BCUT2D eigenvalue weighted by atomic mass is 10.2. The van der Waals surface area contributed by atoms with Crippen molar-refractivity contribution >= 4 is 5.97 Å². The van der Waals surface area contributed by atoms with Crippen LogP contribution in [0.3, 0.4) is 0 Å². The number of hydrogen-bond acceptors (Lipinski definition) is 4. The van der Waals surface area contributed by atoms with Crippen LogP contribution in [0, 0.1) is 0 Å². The Morgan fingerprint density at radius 3 is 2.70 bits per heavy atom. The van der Waals surface area contributed by atoms with Gasteiger partial charge in [0.2, 0.25) is 0 Å². The van der Waals surface area contributed by atoms with Gasteiger partial charge in [-0.15, -0.1) is 0 Å². The zero-order valence-corrected chi connectivity index (χ0v) is 13.0. The van der Waals surface area contributed by atoms with E-state index in [1.165, 1.54) is 58.4 Å². The summed E-state index contributed by atoms with van der Waals surface area (Å²) in [6, 6.07) is 0.817. The normalized spacial score (nSPS) is 24.4. The Morgan fingerprint density at radius 2 is 1.95 bits per heavy atom. The SMILES string of the molecule is CCOC(=O)CCCCCN1CCC(N2CCCC2)C1. The Bertz CT molecular complexity index is 290. The fourth-order valence-corrected chi connectivity index (χ4v) is 3.43. The highest BCUT2D eigenvalue weighted by atomic mass is 16.5. The molecule has 20 heavy (non-hydrogen) atoms. The molecule has 0 aromatic carbocycles. The summed E-state index contributed by atoms with van der Waals surface area (Å²) in [6.07, 6.45) is 8.06. The second-order valence-electron chi connectivity index (χ2n) is 6.10. The van der Waals surface area contributed by atoms with Gasteiger partial charge in [-0.2, -0.15) is 0 Å². The maximum absolute atomic E-state index is 11.2. The summed E-state index contributed by atoms with van der Waals surface area (Å²) >= 11 is 0. The molecule has 1 unspecified atom stereocenters. The lowest BCUT2D eigenvalue weighted by molar-refractivity contribution is -0.143. The summed E-state index contributed by atoms with van der Waals surface area (Å²) in [7, 11) is 0. The number of esters is 1. The molecule has 2 saturated heterocycles. The highest BCUT2D eigenvalue weighted by Crippen LogP contribution is 2.20. The zero-order valence-electron chi connectivity index (χ0n) is 13.0. The van der Waals surface area contributed by atoms with Crippen LogP contribution in [0.2, 0.25) is 0 Å². The molecule has 4 heteroatoms. The summed E-state index contributed by atoms with van der Waals surface area (Å²) in [6.45, 7) is 8.73. The van der Waals surface area contributed by atoms with E-state index >= 15 is 0 Å². The number of hydrogen-bond donors (Lipinski definition) is 0. The average molecular weight is 282 g/mol. The van der Waals surface area contributed by atoms with Gasteiger partial charge in [0, 0.05) is 19.0 Å². The van der Waals surface area contributed by atoms with Crippen molar-refractivity contribution < 1.29 is 9.53 Å². The molecular formula is C16H30N2O2. The molecule has 2 aliphatic rings. The second-order valence-corrected chi connectivity index (χ2v) is 6.10. The van der Waals surface area contributed by atoms with Crippen LogP contribution in [0.4, 0.5) is 0 Å². The van der Waals surface area contributed by atoms with Crippen LogP contribution < -0.4 is 0 Å². The predicted octanol–water partition coefficient (Wildman–Crippen LogP) is 2.28. The monoisotopic (exact) mass is 282 g/mol. The largest absolute Gasteiger partial charge is 0.466 e. The molecule has 0 spiro atoms. The van der Waals surface area contributed by atoms with Crippen LogP contribution in [0.5, 0.6) is 0 Å². The van der Waals surface area contributed by atoms with Crippen LogP contribution in [0.15, 0.2) is 0 Å². The van der Waals surface area contributed by atoms with Crippen molar-refractivity contribution in [3.63, 3.8) is 0 Å². The molecule has 0 bridgehead atoms. The van der Waals surface area contributed by atoms with Gasteiger partial charge < -0.3 is 9.64 Å². The van der Waals surface area contributed by atoms with Crippen molar-refractivity contribution in [1.82, 2.24) is 9.80 Å². The molecule has 0 radical (unpaired) electrons. The van der Waals surface area contributed by atoms with Crippen molar-refractivity contribution in [2.24, 2.45) is 0 Å². The molecule has 4 nitrogen and oxygen atoms in total. The van der Waals surface area contributed by atoms with Crippen molar-refractivity contribution in [1.29, 1.82) is 0 Å². The van der Waals surface area contributed by atoms with Crippen LogP contribution in [-0.4, -0.2) is 61.1 Å². The van der Waals surface area contributed by atoms with E-state index in [4.69, 9.17) is 4.74 Å². The van der Waals surface area contributed by atoms with Gasteiger partial charge in [-0.3, -0.25) is 9.69 Å². The van der Waals surface area contributed by atoms with Gasteiger partial charge in [0.15, 0.2) is 0 Å². The van der Waals surface area contributed by atoms with Crippen molar-refractivity contribution in [3.05, 3.63) is 0 Å². The number of unbranched alkanes of at least 4 members (excludes halogenated alkanes) is 2. The van der Waals surface area contributed by atoms with Crippen molar-refractivity contribution in [2.75, 3.05) is 39.3 Å². The Balaban J connectivity index is 1.49. The molecule has 0 aromatic heterocycles. The standard InChI is InChI=1S/C16H30N2O2/c1-2-20-16(19)8-4-3-5-10-17-13-9-15(14-17)18-11-6-7-12-18/h15H,2-14H2,1H3. The Hall–Kier alpha value is -0.610.